The predicted octanol–water partition coefficient (Wildman–Crippen LogP) is 8.36. The Kier molecular flexibility index (Phi) is 24.4. The van der Waals surface area contributed by atoms with Gasteiger partial charge in [0.15, 0.2) is 28.7 Å². The van der Waals surface area contributed by atoms with Crippen molar-refractivity contribution in [3.8, 4) is 11.5 Å². The third kappa shape index (κ3) is 18.0. The summed E-state index contributed by atoms with van der Waals surface area (Å²) in [4.78, 5) is 80.1. The number of nitrogens with zero attached hydrogens (tertiary/aromatic N) is 2. The molecule has 0 radical (unpaired) electrons. The average molecular weight is 1020 g/mol. The first kappa shape index (κ1) is 59.3. The number of esters is 2. The van der Waals surface area contributed by atoms with E-state index >= 15 is 0 Å². The van der Waals surface area contributed by atoms with Crippen LogP contribution in [0.15, 0.2) is 119 Å². The molecule has 0 spiro atoms. The van der Waals surface area contributed by atoms with Crippen molar-refractivity contribution in [1.29, 1.82) is 0 Å². The van der Waals surface area contributed by atoms with E-state index in [4.69, 9.17) is 39.0 Å². The van der Waals surface area contributed by atoms with Crippen LogP contribution in [0.5, 0.6) is 11.5 Å². The highest BCUT2D eigenvalue weighted by molar-refractivity contribution is 5.98. The zero-order chi connectivity index (χ0) is 54.2. The van der Waals surface area contributed by atoms with Crippen LogP contribution in [-0.4, -0.2) is 60.4 Å². The lowest BCUT2D eigenvalue weighted by Gasteiger charge is -2.19. The van der Waals surface area contributed by atoms with Gasteiger partial charge in [-0.2, -0.15) is 9.59 Å². The van der Waals surface area contributed by atoms with Crippen molar-refractivity contribution in [2.24, 2.45) is 11.7 Å². The van der Waals surface area contributed by atoms with Crippen molar-refractivity contribution < 1.29 is 65.2 Å². The van der Waals surface area contributed by atoms with Gasteiger partial charge in [-0.05, 0) is 55.0 Å². The van der Waals surface area contributed by atoms with Gasteiger partial charge >= 0.3 is 18.1 Å². The minimum atomic E-state index is -0.766. The number of ether oxygens (including phenoxy) is 5. The molecular formula is C54H57F4N3O12. The molecule has 1 unspecified atom stereocenters. The second kappa shape index (κ2) is 30.0. The highest BCUT2D eigenvalue weighted by Crippen LogP contribution is 2.23. The number of hydrogen-bond acceptors (Lipinski definition) is 13. The molecule has 0 bridgehead atoms. The SMILES string of the molecule is COC(=O)c1c(OCc2ccccc2)c(=O)c(C(=O)CCc2ccc(F)cc2F)cn1CC(C)C.COC(=O)c1c(OCc2ccccc2)c(=O)c(C)cn1CC(C)OC.NCc1ccc(F)cc1F.O=C=O. The lowest BCUT2D eigenvalue weighted by atomic mass is 10.0. The van der Waals surface area contributed by atoms with Gasteiger partial charge in [-0.3, -0.25) is 14.4 Å². The summed E-state index contributed by atoms with van der Waals surface area (Å²) in [5, 5.41) is 0. The molecule has 19 heteroatoms. The Morgan fingerprint density at radius 3 is 1.52 bits per heavy atom. The Labute approximate surface area is 419 Å². The molecule has 4 aromatic carbocycles. The summed E-state index contributed by atoms with van der Waals surface area (Å²) in [5.74, 6) is -4.77. The Morgan fingerprint density at radius 2 is 1.10 bits per heavy atom. The highest BCUT2D eigenvalue weighted by atomic mass is 19.1. The Morgan fingerprint density at radius 1 is 0.644 bits per heavy atom. The molecule has 6 rings (SSSR count). The first-order valence-corrected chi connectivity index (χ1v) is 22.5. The summed E-state index contributed by atoms with van der Waals surface area (Å²) < 4.78 is 81.6. The van der Waals surface area contributed by atoms with Crippen molar-refractivity contribution >= 4 is 23.9 Å². The largest absolute Gasteiger partial charge is 0.482 e. The van der Waals surface area contributed by atoms with Crippen molar-refractivity contribution in [3.63, 3.8) is 0 Å². The van der Waals surface area contributed by atoms with Crippen LogP contribution in [0.4, 0.5) is 17.6 Å². The summed E-state index contributed by atoms with van der Waals surface area (Å²) in [6.45, 7) is 8.40. The van der Waals surface area contributed by atoms with Gasteiger partial charge in [0.1, 0.15) is 36.5 Å². The molecule has 73 heavy (non-hydrogen) atoms. The number of nitrogens with two attached hydrogens (primary N) is 1. The molecule has 15 nitrogen and oxygen atoms in total. The van der Waals surface area contributed by atoms with Gasteiger partial charge in [-0.15, -0.1) is 0 Å². The average Bonchev–Trinajstić information content (AvgIpc) is 3.37. The number of pyridine rings is 2. The summed E-state index contributed by atoms with van der Waals surface area (Å²) in [6.07, 6.45) is 2.85. The minimum absolute atomic E-state index is 0.000186. The van der Waals surface area contributed by atoms with Gasteiger partial charge in [-0.25, -0.2) is 27.2 Å². The molecule has 2 heterocycles. The maximum absolute atomic E-state index is 14.0. The maximum Gasteiger partial charge on any atom is 0.373 e. The normalized spacial score (nSPS) is 10.8. The molecule has 0 aliphatic carbocycles. The number of Topliss-reactive ketones (excluding diaryl/α,β-unsaturated/α-hetero) is 1. The van der Waals surface area contributed by atoms with Crippen LogP contribution < -0.4 is 26.1 Å². The Hall–Kier alpha value is -7.99. The summed E-state index contributed by atoms with van der Waals surface area (Å²) >= 11 is 0. The molecule has 388 valence electrons. The topological polar surface area (TPSA) is 202 Å². The second-order valence-corrected chi connectivity index (χ2v) is 16.3. The number of ketones is 1. The van der Waals surface area contributed by atoms with Crippen molar-refractivity contribution in [2.75, 3.05) is 21.3 Å². The number of benzene rings is 4. The quantitative estimate of drug-likeness (QED) is 0.0490. The number of methoxy groups -OCH3 is 3. The Balaban J connectivity index is 0.000000319. The third-order valence-electron chi connectivity index (χ3n) is 10.5. The fourth-order valence-corrected chi connectivity index (χ4v) is 6.78. The van der Waals surface area contributed by atoms with Crippen LogP contribution in [0.25, 0.3) is 0 Å². The van der Waals surface area contributed by atoms with E-state index in [9.17, 15) is 41.5 Å². The summed E-state index contributed by atoms with van der Waals surface area (Å²) in [6, 6.07) is 25.0. The molecule has 1 atom stereocenters. The van der Waals surface area contributed by atoms with Gasteiger partial charge < -0.3 is 38.6 Å². The van der Waals surface area contributed by atoms with Gasteiger partial charge in [0.05, 0.1) is 25.9 Å². The number of halogens is 4. The number of hydrogen-bond donors (Lipinski definition) is 1. The Bertz CT molecular complexity index is 2940. The van der Waals surface area contributed by atoms with Gasteiger partial charge in [-0.1, -0.05) is 86.6 Å². The highest BCUT2D eigenvalue weighted by Gasteiger charge is 2.27. The van der Waals surface area contributed by atoms with Crippen molar-refractivity contribution in [3.05, 3.63) is 198 Å². The molecule has 0 amide bonds. The van der Waals surface area contributed by atoms with Crippen LogP contribution >= 0.6 is 0 Å². The van der Waals surface area contributed by atoms with E-state index < -0.39 is 46.4 Å². The first-order chi connectivity index (χ1) is 34.8. The zero-order valence-electron chi connectivity index (χ0n) is 41.4. The summed E-state index contributed by atoms with van der Waals surface area (Å²) in [7, 11) is 4.06. The van der Waals surface area contributed by atoms with Crippen LogP contribution in [0.3, 0.4) is 0 Å². The second-order valence-electron chi connectivity index (χ2n) is 16.3. The van der Waals surface area contributed by atoms with Crippen molar-refractivity contribution in [1.82, 2.24) is 9.13 Å². The molecule has 0 saturated heterocycles. The molecule has 0 aliphatic heterocycles. The van der Waals surface area contributed by atoms with Crippen LogP contribution in [-0.2, 0) is 63.1 Å². The van der Waals surface area contributed by atoms with E-state index in [1.54, 1.807) is 36.9 Å². The van der Waals surface area contributed by atoms with Gasteiger partial charge in [0.2, 0.25) is 10.9 Å². The van der Waals surface area contributed by atoms with Gasteiger partial charge in [0, 0.05) is 68.8 Å². The third-order valence-corrected chi connectivity index (χ3v) is 10.5. The van der Waals surface area contributed by atoms with E-state index in [-0.39, 0.29) is 90.2 Å². The molecule has 6 aromatic rings. The molecule has 0 saturated carbocycles. The molecule has 2 aromatic heterocycles. The standard InChI is InChI=1S/C27H27F2NO5.C19H23NO5.C7H7F2N.CO2/c1-17(2)14-30-15-21(23(31)12-10-19-9-11-20(28)13-22(19)29)25(32)26(24(30)27(33)34-3)35-16-18-7-5-4-6-8-18;1-13-10-20(11-14(2)23-3)16(19(22)24-4)18(17(13)21)25-12-15-8-6-5-7-9-15;8-6-2-1-5(4-10)7(9)3-6;2-1-3/h4-9,11,13,15,17H,10,12,14,16H2,1-3H3;5-10,14H,11-12H2,1-4H3;1-3H,4,10H2;. The number of aromatic nitrogens is 2. The number of rotatable bonds is 18. The minimum Gasteiger partial charge on any atom is -0.482 e. The maximum atomic E-state index is 14.0. The van der Waals surface area contributed by atoms with E-state index in [0.717, 1.165) is 29.3 Å². The molecular weight excluding hydrogens is 959 g/mol. The van der Waals surface area contributed by atoms with E-state index in [1.807, 2.05) is 69.3 Å². The predicted molar refractivity (Wildman–Crippen MR) is 260 cm³/mol. The number of carbonyl (C=O) groups excluding carboxylic acids is 5. The van der Waals surface area contributed by atoms with Crippen molar-refractivity contribution in [2.45, 2.75) is 79.5 Å². The van der Waals surface area contributed by atoms with E-state index in [2.05, 4.69) is 0 Å². The number of carbonyl (C=O) groups is 3. The lowest BCUT2D eigenvalue weighted by Crippen LogP contribution is -2.27. The first-order valence-electron chi connectivity index (χ1n) is 22.5. The van der Waals surface area contributed by atoms with Gasteiger partial charge in [0.25, 0.3) is 0 Å². The van der Waals surface area contributed by atoms with Crippen LogP contribution in [0.2, 0.25) is 0 Å². The molecule has 2 N–H and O–H groups in total. The fourth-order valence-electron chi connectivity index (χ4n) is 6.78. The number of aryl methyl sites for hydroxylation is 2. The molecule has 0 fully saturated rings. The monoisotopic (exact) mass is 1020 g/mol. The zero-order valence-corrected chi connectivity index (χ0v) is 41.4. The molecule has 0 aliphatic rings. The van der Waals surface area contributed by atoms with Crippen LogP contribution in [0.1, 0.15) is 86.3 Å². The fraction of sp³-hybridized carbons (Fsp3) is 0.296. The van der Waals surface area contributed by atoms with E-state index in [0.29, 0.717) is 24.2 Å². The van der Waals surface area contributed by atoms with E-state index in [1.165, 1.54) is 43.2 Å². The summed E-state index contributed by atoms with van der Waals surface area (Å²) in [5.41, 5.74) is 6.56. The smallest absolute Gasteiger partial charge is 0.373 e. The van der Waals surface area contributed by atoms with Crippen LogP contribution in [0, 0.1) is 36.1 Å². The lowest BCUT2D eigenvalue weighted by molar-refractivity contribution is -0.191.